The van der Waals surface area contributed by atoms with E-state index >= 15 is 0 Å². The highest BCUT2D eigenvalue weighted by Gasteiger charge is 2.25. The van der Waals surface area contributed by atoms with Gasteiger partial charge in [0.2, 0.25) is 5.78 Å². The summed E-state index contributed by atoms with van der Waals surface area (Å²) in [5.41, 5.74) is 1.51. The Morgan fingerprint density at radius 1 is 1.17 bits per heavy atom. The van der Waals surface area contributed by atoms with Crippen molar-refractivity contribution in [3.05, 3.63) is 53.5 Å². The molecule has 0 aliphatic heterocycles. The lowest BCUT2D eigenvalue weighted by atomic mass is 9.91. The molecule has 0 unspecified atom stereocenters. The zero-order valence-electron chi connectivity index (χ0n) is 17.1. The summed E-state index contributed by atoms with van der Waals surface area (Å²) >= 11 is 0. The van der Waals surface area contributed by atoms with Crippen LogP contribution >= 0.6 is 0 Å². The molecule has 0 radical (unpaired) electrons. The van der Waals surface area contributed by atoms with E-state index < -0.39 is 5.41 Å². The normalized spacial score (nSPS) is 11.6. The van der Waals surface area contributed by atoms with Gasteiger partial charge in [-0.3, -0.25) is 19.3 Å². The maximum Gasteiger partial charge on any atom is 0.215 e. The van der Waals surface area contributed by atoms with Gasteiger partial charge in [0.1, 0.15) is 18.0 Å². The quantitative estimate of drug-likeness (QED) is 0.618. The predicted molar refractivity (Wildman–Crippen MR) is 109 cm³/mol. The summed E-state index contributed by atoms with van der Waals surface area (Å²) in [6.07, 6.45) is 1.92. The van der Waals surface area contributed by atoms with Crippen molar-refractivity contribution in [3.8, 4) is 5.75 Å². The number of ketones is 2. The Kier molecular flexibility index (Phi) is 5.79. The first-order valence-electron chi connectivity index (χ1n) is 9.43. The standard InChI is InChI=1S/C22H25N3O4/c1-22(2,3)19(27)13-25-18-11-16(29-4)7-8-17(18)20(24-25)21(28)14-5-6-15(9-10-26)23-12-14/h5-8,11-12,26H,9-10,13H2,1-4H3. The third-order valence-electron chi connectivity index (χ3n) is 4.76. The van der Waals surface area contributed by atoms with Crippen molar-refractivity contribution >= 4 is 22.5 Å². The highest BCUT2D eigenvalue weighted by Crippen LogP contribution is 2.27. The molecule has 1 aromatic carbocycles. The number of carbonyl (C=O) groups excluding carboxylic acids is 2. The average Bonchev–Trinajstić information content (AvgIpc) is 3.05. The molecule has 0 fully saturated rings. The van der Waals surface area contributed by atoms with E-state index in [1.165, 1.54) is 6.20 Å². The highest BCUT2D eigenvalue weighted by atomic mass is 16.5. The van der Waals surface area contributed by atoms with E-state index in [4.69, 9.17) is 9.84 Å². The maximum atomic E-state index is 13.1. The van der Waals surface area contributed by atoms with E-state index in [1.807, 2.05) is 20.8 Å². The third-order valence-corrected chi connectivity index (χ3v) is 4.76. The van der Waals surface area contributed by atoms with Crippen LogP contribution in [0.4, 0.5) is 0 Å². The first-order chi connectivity index (χ1) is 13.7. The van der Waals surface area contributed by atoms with Crippen molar-refractivity contribution in [2.24, 2.45) is 5.41 Å². The number of aliphatic hydroxyl groups is 1. The number of nitrogens with zero attached hydrogens (tertiary/aromatic N) is 3. The van der Waals surface area contributed by atoms with Crippen LogP contribution in [-0.2, 0) is 17.8 Å². The molecule has 0 amide bonds. The summed E-state index contributed by atoms with van der Waals surface area (Å²) in [4.78, 5) is 29.9. The molecule has 3 rings (SSSR count). The number of hydrogen-bond donors (Lipinski definition) is 1. The second-order valence-corrected chi connectivity index (χ2v) is 7.90. The number of pyridine rings is 1. The van der Waals surface area contributed by atoms with E-state index in [1.54, 1.807) is 42.1 Å². The SMILES string of the molecule is COc1ccc2c(C(=O)c3ccc(CCO)nc3)nn(CC(=O)C(C)(C)C)c2c1. The summed E-state index contributed by atoms with van der Waals surface area (Å²) < 4.78 is 6.86. The van der Waals surface area contributed by atoms with Gasteiger partial charge in [0.15, 0.2) is 5.78 Å². The van der Waals surface area contributed by atoms with Gasteiger partial charge in [-0.25, -0.2) is 0 Å². The lowest BCUT2D eigenvalue weighted by Gasteiger charge is -2.16. The van der Waals surface area contributed by atoms with Gasteiger partial charge in [-0.1, -0.05) is 20.8 Å². The summed E-state index contributed by atoms with van der Waals surface area (Å²) in [7, 11) is 1.56. The first-order valence-corrected chi connectivity index (χ1v) is 9.43. The maximum absolute atomic E-state index is 13.1. The number of ether oxygens (including phenoxy) is 1. The Morgan fingerprint density at radius 3 is 2.52 bits per heavy atom. The Bertz CT molecular complexity index is 1050. The van der Waals surface area contributed by atoms with Crippen LogP contribution in [0.3, 0.4) is 0 Å². The van der Waals surface area contributed by atoms with Gasteiger partial charge in [0.05, 0.1) is 12.6 Å². The Hall–Kier alpha value is -3.06. The fourth-order valence-electron chi connectivity index (χ4n) is 2.90. The number of hydrogen-bond acceptors (Lipinski definition) is 6. The second kappa shape index (κ2) is 8.13. The number of aliphatic hydroxyl groups excluding tert-OH is 1. The summed E-state index contributed by atoms with van der Waals surface area (Å²) in [5, 5.41) is 14.1. The lowest BCUT2D eigenvalue weighted by molar-refractivity contribution is -0.127. The number of methoxy groups -OCH3 is 1. The molecule has 0 aliphatic carbocycles. The molecule has 152 valence electrons. The summed E-state index contributed by atoms with van der Waals surface area (Å²) in [6.45, 7) is 5.63. The van der Waals surface area contributed by atoms with Gasteiger partial charge in [0, 0.05) is 47.3 Å². The fraction of sp³-hybridized carbons (Fsp3) is 0.364. The number of fused-ring (bicyclic) bond motifs is 1. The highest BCUT2D eigenvalue weighted by molar-refractivity contribution is 6.15. The zero-order chi connectivity index (χ0) is 21.2. The number of carbonyl (C=O) groups is 2. The minimum absolute atomic E-state index is 0.00102. The van der Waals surface area contributed by atoms with Gasteiger partial charge in [-0.15, -0.1) is 0 Å². The topological polar surface area (TPSA) is 94.3 Å². The summed E-state index contributed by atoms with van der Waals surface area (Å²) in [6, 6.07) is 8.71. The van der Waals surface area contributed by atoms with Gasteiger partial charge in [-0.2, -0.15) is 5.10 Å². The van der Waals surface area contributed by atoms with Crippen molar-refractivity contribution < 1.29 is 19.4 Å². The van der Waals surface area contributed by atoms with Crippen molar-refractivity contribution in [2.45, 2.75) is 33.7 Å². The van der Waals surface area contributed by atoms with Gasteiger partial charge in [-0.05, 0) is 24.3 Å². The second-order valence-electron chi connectivity index (χ2n) is 7.90. The Labute approximate surface area is 169 Å². The number of aromatic nitrogens is 3. The van der Waals surface area contributed by atoms with Crippen LogP contribution in [0.2, 0.25) is 0 Å². The monoisotopic (exact) mass is 395 g/mol. The minimum atomic E-state index is -0.520. The van der Waals surface area contributed by atoms with Crippen molar-refractivity contribution in [3.63, 3.8) is 0 Å². The van der Waals surface area contributed by atoms with Crippen LogP contribution in [0, 0.1) is 5.41 Å². The average molecular weight is 395 g/mol. The first kappa shape index (κ1) is 20.7. The van der Waals surface area contributed by atoms with E-state index in [9.17, 15) is 9.59 Å². The van der Waals surface area contributed by atoms with Gasteiger partial charge in [0.25, 0.3) is 0 Å². The van der Waals surface area contributed by atoms with Crippen LogP contribution in [0.25, 0.3) is 10.9 Å². The zero-order valence-corrected chi connectivity index (χ0v) is 17.1. The third kappa shape index (κ3) is 4.35. The molecular weight excluding hydrogens is 370 g/mol. The van der Waals surface area contributed by atoms with Crippen molar-refractivity contribution in [2.75, 3.05) is 13.7 Å². The molecule has 0 aliphatic rings. The predicted octanol–water partition coefficient (Wildman–Crippen LogP) is 2.82. The van der Waals surface area contributed by atoms with Crippen molar-refractivity contribution in [1.82, 2.24) is 14.8 Å². The van der Waals surface area contributed by atoms with E-state index in [2.05, 4.69) is 10.1 Å². The molecule has 29 heavy (non-hydrogen) atoms. The molecule has 2 aromatic heterocycles. The molecule has 1 N–H and O–H groups in total. The smallest absolute Gasteiger partial charge is 0.215 e. The van der Waals surface area contributed by atoms with Crippen LogP contribution < -0.4 is 4.74 Å². The van der Waals surface area contributed by atoms with Crippen LogP contribution in [0.15, 0.2) is 36.5 Å². The summed E-state index contributed by atoms with van der Waals surface area (Å²) in [5.74, 6) is 0.361. The molecule has 0 saturated carbocycles. The minimum Gasteiger partial charge on any atom is -0.497 e. The Balaban J connectivity index is 2.05. The number of benzene rings is 1. The largest absolute Gasteiger partial charge is 0.497 e. The number of rotatable bonds is 7. The lowest BCUT2D eigenvalue weighted by Crippen LogP contribution is -2.25. The molecule has 7 heteroatoms. The van der Waals surface area contributed by atoms with Gasteiger partial charge < -0.3 is 9.84 Å². The molecule has 0 saturated heterocycles. The molecule has 2 heterocycles. The molecule has 3 aromatic rings. The van der Waals surface area contributed by atoms with Crippen LogP contribution in [-0.4, -0.2) is 45.2 Å². The van der Waals surface area contributed by atoms with E-state index in [0.29, 0.717) is 34.3 Å². The molecule has 0 spiro atoms. The molecule has 0 atom stereocenters. The molecular formula is C22H25N3O4. The van der Waals surface area contributed by atoms with E-state index in [0.717, 1.165) is 0 Å². The van der Waals surface area contributed by atoms with E-state index in [-0.39, 0.29) is 30.4 Å². The van der Waals surface area contributed by atoms with Crippen molar-refractivity contribution in [1.29, 1.82) is 0 Å². The number of Topliss-reactive ketones (excluding diaryl/α,β-unsaturated/α-hetero) is 1. The van der Waals surface area contributed by atoms with Gasteiger partial charge >= 0.3 is 0 Å². The van der Waals surface area contributed by atoms with Crippen LogP contribution in [0.5, 0.6) is 5.75 Å². The Morgan fingerprint density at radius 2 is 1.93 bits per heavy atom. The van der Waals surface area contributed by atoms with Crippen LogP contribution in [0.1, 0.15) is 42.5 Å². The molecule has 7 nitrogen and oxygen atoms in total. The molecule has 0 bridgehead atoms. The fourth-order valence-corrected chi connectivity index (χ4v) is 2.90.